The van der Waals surface area contributed by atoms with Crippen LogP contribution >= 0.6 is 0 Å². The smallest absolute Gasteiger partial charge is 0.371 e. The van der Waals surface area contributed by atoms with Crippen molar-refractivity contribution in [3.8, 4) is 11.3 Å². The maximum atomic E-state index is 11.9. The average molecular weight is 285 g/mol. The number of rotatable bonds is 5. The Kier molecular flexibility index (Phi) is 4.23. The monoisotopic (exact) mass is 285 g/mol. The van der Waals surface area contributed by atoms with Crippen LogP contribution in [0, 0.1) is 0 Å². The summed E-state index contributed by atoms with van der Waals surface area (Å²) in [5, 5.41) is 11.6. The van der Waals surface area contributed by atoms with E-state index in [1.807, 2.05) is 6.92 Å². The summed E-state index contributed by atoms with van der Waals surface area (Å²) in [5.41, 5.74) is 1.22. The first-order valence-corrected chi connectivity index (χ1v) is 6.38. The van der Waals surface area contributed by atoms with Crippen LogP contribution in [0.5, 0.6) is 0 Å². The Morgan fingerprint density at radius 1 is 1.24 bits per heavy atom. The van der Waals surface area contributed by atoms with Gasteiger partial charge in [0.05, 0.1) is 0 Å². The summed E-state index contributed by atoms with van der Waals surface area (Å²) >= 11 is 0. The quantitative estimate of drug-likeness (QED) is 0.828. The fraction of sp³-hybridized carbons (Fsp3) is 0.125. The maximum Gasteiger partial charge on any atom is 0.371 e. The van der Waals surface area contributed by atoms with Gasteiger partial charge in [-0.3, -0.25) is 4.79 Å². The van der Waals surface area contributed by atoms with E-state index in [4.69, 9.17) is 9.52 Å². The van der Waals surface area contributed by atoms with Crippen molar-refractivity contribution in [1.82, 2.24) is 5.32 Å². The lowest BCUT2D eigenvalue weighted by molar-refractivity contribution is 0.0663. The molecule has 0 radical (unpaired) electrons. The van der Waals surface area contributed by atoms with Crippen molar-refractivity contribution in [2.45, 2.75) is 13.0 Å². The minimum Gasteiger partial charge on any atom is -0.475 e. The van der Waals surface area contributed by atoms with Gasteiger partial charge in [0.15, 0.2) is 0 Å². The van der Waals surface area contributed by atoms with Gasteiger partial charge in [-0.05, 0) is 31.2 Å². The van der Waals surface area contributed by atoms with Crippen molar-refractivity contribution in [3.63, 3.8) is 0 Å². The first kappa shape index (κ1) is 14.6. The number of carboxylic acid groups (broad SMARTS) is 1. The van der Waals surface area contributed by atoms with Crippen molar-refractivity contribution in [3.05, 3.63) is 60.4 Å². The second-order valence-corrected chi connectivity index (χ2v) is 4.54. The lowest BCUT2D eigenvalue weighted by atomic mass is 10.1. The van der Waals surface area contributed by atoms with E-state index < -0.39 is 5.97 Å². The van der Waals surface area contributed by atoms with Crippen molar-refractivity contribution in [2.24, 2.45) is 0 Å². The fourth-order valence-corrected chi connectivity index (χ4v) is 1.74. The number of aromatic carboxylic acids is 1. The summed E-state index contributed by atoms with van der Waals surface area (Å²) in [6.45, 7) is 5.43. The molecule has 108 valence electrons. The van der Waals surface area contributed by atoms with Crippen LogP contribution in [0.4, 0.5) is 0 Å². The highest BCUT2D eigenvalue weighted by molar-refractivity contribution is 5.95. The number of amides is 1. The highest BCUT2D eigenvalue weighted by Crippen LogP contribution is 2.22. The normalized spacial score (nSPS) is 11.7. The van der Waals surface area contributed by atoms with Crippen LogP contribution < -0.4 is 5.32 Å². The molecule has 21 heavy (non-hydrogen) atoms. The molecule has 0 fully saturated rings. The summed E-state index contributed by atoms with van der Waals surface area (Å²) in [6, 6.07) is 9.59. The predicted octanol–water partition coefficient (Wildman–Crippen LogP) is 2.95. The molecule has 2 N–H and O–H groups in total. The van der Waals surface area contributed by atoms with Crippen LogP contribution in [0.1, 0.15) is 27.8 Å². The van der Waals surface area contributed by atoms with Gasteiger partial charge in [-0.25, -0.2) is 4.79 Å². The maximum absolute atomic E-state index is 11.9. The fourth-order valence-electron chi connectivity index (χ4n) is 1.74. The molecular formula is C16H15NO4. The number of hydrogen-bond donors (Lipinski definition) is 2. The topological polar surface area (TPSA) is 79.5 Å². The van der Waals surface area contributed by atoms with Crippen molar-refractivity contribution < 1.29 is 19.1 Å². The van der Waals surface area contributed by atoms with Gasteiger partial charge in [-0.2, -0.15) is 0 Å². The molecule has 0 bridgehead atoms. The lowest BCUT2D eigenvalue weighted by Crippen LogP contribution is -2.30. The third-order valence-electron chi connectivity index (χ3n) is 2.96. The molecule has 1 amide bonds. The number of carbonyl (C=O) groups excluding carboxylic acids is 1. The van der Waals surface area contributed by atoms with Gasteiger partial charge in [0.1, 0.15) is 5.76 Å². The van der Waals surface area contributed by atoms with E-state index >= 15 is 0 Å². The molecule has 2 rings (SSSR count). The van der Waals surface area contributed by atoms with Gasteiger partial charge in [0.25, 0.3) is 5.91 Å². The Bertz CT molecular complexity index is 670. The average Bonchev–Trinajstić information content (AvgIpc) is 2.97. The third kappa shape index (κ3) is 3.39. The van der Waals surface area contributed by atoms with Crippen LogP contribution in [-0.2, 0) is 0 Å². The molecule has 0 saturated carbocycles. The molecule has 1 aromatic heterocycles. The van der Waals surface area contributed by atoms with E-state index in [1.54, 1.807) is 36.4 Å². The Labute approximate surface area is 121 Å². The SMILES string of the molecule is C=CC(C)NC(=O)c1ccc(-c2ccc(C(=O)O)o2)cc1. The standard InChI is InChI=1S/C16H15NO4/c1-3-10(2)17-15(18)12-6-4-11(5-7-12)13-8-9-14(21-13)16(19)20/h3-10H,1H2,2H3,(H,17,18)(H,19,20). The molecule has 0 saturated heterocycles. The third-order valence-corrected chi connectivity index (χ3v) is 2.96. The molecule has 1 heterocycles. The van der Waals surface area contributed by atoms with Crippen LogP contribution in [0.3, 0.4) is 0 Å². The van der Waals surface area contributed by atoms with E-state index in [2.05, 4.69) is 11.9 Å². The largest absolute Gasteiger partial charge is 0.475 e. The van der Waals surface area contributed by atoms with Crippen LogP contribution in [0.2, 0.25) is 0 Å². The van der Waals surface area contributed by atoms with E-state index in [0.29, 0.717) is 16.9 Å². The second kappa shape index (κ2) is 6.09. The first-order chi connectivity index (χ1) is 10.0. The summed E-state index contributed by atoms with van der Waals surface area (Å²) in [7, 11) is 0. The number of furan rings is 1. The van der Waals surface area contributed by atoms with E-state index in [0.717, 1.165) is 0 Å². The van der Waals surface area contributed by atoms with Gasteiger partial charge in [0, 0.05) is 17.2 Å². The number of hydrogen-bond acceptors (Lipinski definition) is 3. The zero-order chi connectivity index (χ0) is 15.4. The number of nitrogens with one attached hydrogen (secondary N) is 1. The van der Waals surface area contributed by atoms with E-state index in [1.165, 1.54) is 6.07 Å². The summed E-state index contributed by atoms with van der Waals surface area (Å²) < 4.78 is 5.20. The summed E-state index contributed by atoms with van der Waals surface area (Å²) in [4.78, 5) is 22.7. The number of benzene rings is 1. The Hall–Kier alpha value is -2.82. The van der Waals surface area contributed by atoms with Crippen LogP contribution in [0.25, 0.3) is 11.3 Å². The minimum atomic E-state index is -1.12. The molecule has 2 aromatic rings. The molecule has 0 aliphatic carbocycles. The lowest BCUT2D eigenvalue weighted by Gasteiger charge is -2.09. The van der Waals surface area contributed by atoms with Crippen molar-refractivity contribution in [2.75, 3.05) is 0 Å². The van der Waals surface area contributed by atoms with Gasteiger partial charge in [-0.1, -0.05) is 18.2 Å². The van der Waals surface area contributed by atoms with Gasteiger partial charge < -0.3 is 14.8 Å². The number of carboxylic acids is 1. The molecule has 5 heteroatoms. The minimum absolute atomic E-state index is 0.111. The molecule has 0 aliphatic heterocycles. The summed E-state index contributed by atoms with van der Waals surface area (Å²) in [6.07, 6.45) is 1.64. The zero-order valence-corrected chi connectivity index (χ0v) is 11.5. The molecule has 0 aliphatic rings. The number of carbonyl (C=O) groups is 2. The van der Waals surface area contributed by atoms with Crippen LogP contribution in [-0.4, -0.2) is 23.0 Å². The van der Waals surface area contributed by atoms with E-state index in [9.17, 15) is 9.59 Å². The van der Waals surface area contributed by atoms with E-state index in [-0.39, 0.29) is 17.7 Å². The summed E-state index contributed by atoms with van der Waals surface area (Å²) in [5.74, 6) is -0.985. The zero-order valence-electron chi connectivity index (χ0n) is 11.5. The van der Waals surface area contributed by atoms with Gasteiger partial charge >= 0.3 is 5.97 Å². The molecular weight excluding hydrogens is 270 g/mol. The molecule has 1 aromatic carbocycles. The molecule has 1 unspecified atom stereocenters. The van der Waals surface area contributed by atoms with Crippen molar-refractivity contribution >= 4 is 11.9 Å². The Morgan fingerprint density at radius 3 is 2.43 bits per heavy atom. The highest BCUT2D eigenvalue weighted by atomic mass is 16.4. The van der Waals surface area contributed by atoms with Crippen LogP contribution in [0.15, 0.2) is 53.5 Å². The molecule has 0 spiro atoms. The Balaban J connectivity index is 2.16. The molecule has 1 atom stereocenters. The van der Waals surface area contributed by atoms with Crippen molar-refractivity contribution in [1.29, 1.82) is 0 Å². The first-order valence-electron chi connectivity index (χ1n) is 6.38. The second-order valence-electron chi connectivity index (χ2n) is 4.54. The molecule has 5 nitrogen and oxygen atoms in total. The van der Waals surface area contributed by atoms with Gasteiger partial charge in [-0.15, -0.1) is 6.58 Å². The Morgan fingerprint density at radius 2 is 1.90 bits per heavy atom. The van der Waals surface area contributed by atoms with Gasteiger partial charge in [0.2, 0.25) is 5.76 Å². The highest BCUT2D eigenvalue weighted by Gasteiger charge is 2.12. The predicted molar refractivity (Wildman–Crippen MR) is 78.2 cm³/mol.